The van der Waals surface area contributed by atoms with Gasteiger partial charge in [0.15, 0.2) is 0 Å². The van der Waals surface area contributed by atoms with Gasteiger partial charge < -0.3 is 20.1 Å². The van der Waals surface area contributed by atoms with Gasteiger partial charge >= 0.3 is 12.1 Å². The molecule has 1 rings (SSSR count). The first kappa shape index (κ1) is 20.7. The Morgan fingerprint density at radius 2 is 1.80 bits per heavy atom. The predicted octanol–water partition coefficient (Wildman–Crippen LogP) is 3.72. The number of hydrogen-bond acceptors (Lipinski definition) is 5. The lowest BCUT2D eigenvalue weighted by Crippen LogP contribution is -2.46. The SMILES string of the molecule is COC(=O)c1cc(NCCC(C)(C)NC(=O)OC(C)(C)C)ccc1F. The second-order valence-electron chi connectivity index (χ2n) is 7.37. The maximum Gasteiger partial charge on any atom is 0.408 e. The average molecular weight is 354 g/mol. The minimum Gasteiger partial charge on any atom is -0.465 e. The summed E-state index contributed by atoms with van der Waals surface area (Å²) in [7, 11) is 1.20. The summed E-state index contributed by atoms with van der Waals surface area (Å²) in [6, 6.07) is 4.14. The van der Waals surface area contributed by atoms with Crippen LogP contribution in [-0.4, -0.2) is 36.9 Å². The van der Waals surface area contributed by atoms with Gasteiger partial charge in [-0.2, -0.15) is 0 Å². The Hall–Kier alpha value is -2.31. The third-order valence-corrected chi connectivity index (χ3v) is 3.29. The number of nitrogens with one attached hydrogen (secondary N) is 2. The summed E-state index contributed by atoms with van der Waals surface area (Å²) < 4.78 is 23.4. The average Bonchev–Trinajstić information content (AvgIpc) is 2.45. The maximum absolute atomic E-state index is 13.6. The number of amides is 1. The lowest BCUT2D eigenvalue weighted by molar-refractivity contribution is 0.0469. The molecule has 1 aromatic carbocycles. The van der Waals surface area contributed by atoms with Gasteiger partial charge in [-0.1, -0.05) is 0 Å². The molecule has 0 aliphatic carbocycles. The molecule has 0 atom stereocenters. The van der Waals surface area contributed by atoms with Crippen LogP contribution in [0.3, 0.4) is 0 Å². The predicted molar refractivity (Wildman–Crippen MR) is 94.3 cm³/mol. The molecular formula is C18H27FN2O4. The van der Waals surface area contributed by atoms with Gasteiger partial charge in [-0.25, -0.2) is 14.0 Å². The van der Waals surface area contributed by atoms with Crippen LogP contribution < -0.4 is 10.6 Å². The van der Waals surface area contributed by atoms with Crippen molar-refractivity contribution in [1.29, 1.82) is 0 Å². The highest BCUT2D eigenvalue weighted by Crippen LogP contribution is 2.17. The van der Waals surface area contributed by atoms with Gasteiger partial charge in [0.1, 0.15) is 11.4 Å². The van der Waals surface area contributed by atoms with Gasteiger partial charge in [0.05, 0.1) is 12.7 Å². The van der Waals surface area contributed by atoms with E-state index in [4.69, 9.17) is 4.74 Å². The molecule has 6 nitrogen and oxygen atoms in total. The third kappa shape index (κ3) is 7.41. The molecule has 0 aromatic heterocycles. The zero-order valence-corrected chi connectivity index (χ0v) is 15.7. The van der Waals surface area contributed by atoms with Crippen molar-refractivity contribution in [3.63, 3.8) is 0 Å². The van der Waals surface area contributed by atoms with E-state index in [1.54, 1.807) is 20.8 Å². The number of carbonyl (C=O) groups excluding carboxylic acids is 2. The molecular weight excluding hydrogens is 327 g/mol. The first-order valence-corrected chi connectivity index (χ1v) is 8.06. The monoisotopic (exact) mass is 354 g/mol. The molecule has 0 heterocycles. The molecule has 0 saturated heterocycles. The number of halogens is 1. The molecule has 0 bridgehead atoms. The molecule has 140 valence electrons. The van der Waals surface area contributed by atoms with Crippen LogP contribution in [0.25, 0.3) is 0 Å². The van der Waals surface area contributed by atoms with Crippen molar-refractivity contribution in [3.05, 3.63) is 29.6 Å². The highest BCUT2D eigenvalue weighted by molar-refractivity contribution is 5.90. The number of esters is 1. The van der Waals surface area contributed by atoms with E-state index >= 15 is 0 Å². The van der Waals surface area contributed by atoms with Gasteiger partial charge in [-0.15, -0.1) is 0 Å². The summed E-state index contributed by atoms with van der Waals surface area (Å²) in [6.07, 6.45) is 0.115. The summed E-state index contributed by atoms with van der Waals surface area (Å²) >= 11 is 0. The highest BCUT2D eigenvalue weighted by atomic mass is 19.1. The van der Waals surface area contributed by atoms with E-state index in [9.17, 15) is 14.0 Å². The fourth-order valence-electron chi connectivity index (χ4n) is 2.06. The Morgan fingerprint density at radius 1 is 1.16 bits per heavy atom. The first-order chi connectivity index (χ1) is 11.4. The second-order valence-corrected chi connectivity index (χ2v) is 7.37. The van der Waals surface area contributed by atoms with Crippen molar-refractivity contribution in [2.24, 2.45) is 0 Å². The van der Waals surface area contributed by atoms with Crippen LogP contribution in [0.1, 0.15) is 51.4 Å². The molecule has 0 radical (unpaired) electrons. The second kappa shape index (κ2) is 8.18. The highest BCUT2D eigenvalue weighted by Gasteiger charge is 2.24. The summed E-state index contributed by atoms with van der Waals surface area (Å²) in [5.74, 6) is -1.36. The van der Waals surface area contributed by atoms with Crippen LogP contribution in [-0.2, 0) is 9.47 Å². The van der Waals surface area contributed by atoms with Crippen molar-refractivity contribution in [2.75, 3.05) is 19.0 Å². The molecule has 0 unspecified atom stereocenters. The Kier molecular flexibility index (Phi) is 6.78. The number of methoxy groups -OCH3 is 1. The van der Waals surface area contributed by atoms with E-state index < -0.39 is 29.0 Å². The molecule has 0 fully saturated rings. The minimum atomic E-state index is -0.729. The normalized spacial score (nSPS) is 11.6. The number of anilines is 1. The smallest absolute Gasteiger partial charge is 0.408 e. The topological polar surface area (TPSA) is 76.7 Å². The van der Waals surface area contributed by atoms with Gasteiger partial charge in [0.25, 0.3) is 0 Å². The van der Waals surface area contributed by atoms with Crippen LogP contribution in [0, 0.1) is 5.82 Å². The number of alkyl carbamates (subject to hydrolysis) is 1. The van der Waals surface area contributed by atoms with E-state index in [0.29, 0.717) is 18.7 Å². The standard InChI is InChI=1S/C18H27FN2O4/c1-17(2,3)25-16(23)21-18(4,5)9-10-20-12-7-8-14(19)13(11-12)15(22)24-6/h7-8,11,20H,9-10H2,1-6H3,(H,21,23). The minimum absolute atomic E-state index is 0.126. The van der Waals surface area contributed by atoms with E-state index in [0.717, 1.165) is 0 Å². The first-order valence-electron chi connectivity index (χ1n) is 8.06. The summed E-state index contributed by atoms with van der Waals surface area (Å²) in [6.45, 7) is 9.67. The molecule has 0 aliphatic rings. The van der Waals surface area contributed by atoms with Crippen LogP contribution in [0.4, 0.5) is 14.9 Å². The number of carbonyl (C=O) groups is 2. The van der Waals surface area contributed by atoms with Crippen LogP contribution in [0.15, 0.2) is 18.2 Å². The van der Waals surface area contributed by atoms with Crippen LogP contribution in [0.5, 0.6) is 0 Å². The van der Waals surface area contributed by atoms with E-state index in [-0.39, 0.29) is 5.56 Å². The van der Waals surface area contributed by atoms with Gasteiger partial charge in [-0.3, -0.25) is 0 Å². The van der Waals surface area contributed by atoms with Gasteiger partial charge in [0, 0.05) is 17.8 Å². The Morgan fingerprint density at radius 3 is 2.36 bits per heavy atom. The van der Waals surface area contributed by atoms with E-state index in [1.807, 2.05) is 13.8 Å². The number of hydrogen-bond donors (Lipinski definition) is 2. The maximum atomic E-state index is 13.6. The molecule has 2 N–H and O–H groups in total. The fourth-order valence-corrected chi connectivity index (χ4v) is 2.06. The van der Waals surface area contributed by atoms with Gasteiger partial charge in [-0.05, 0) is 59.2 Å². The molecule has 0 aliphatic heterocycles. The van der Waals surface area contributed by atoms with E-state index in [1.165, 1.54) is 25.3 Å². The molecule has 0 saturated carbocycles. The molecule has 25 heavy (non-hydrogen) atoms. The quantitative estimate of drug-likeness (QED) is 0.762. The number of ether oxygens (including phenoxy) is 2. The zero-order valence-electron chi connectivity index (χ0n) is 15.7. The van der Waals surface area contributed by atoms with Crippen molar-refractivity contribution < 1.29 is 23.5 Å². The van der Waals surface area contributed by atoms with Crippen molar-refractivity contribution in [1.82, 2.24) is 5.32 Å². The molecule has 1 aromatic rings. The van der Waals surface area contributed by atoms with E-state index in [2.05, 4.69) is 15.4 Å². The lowest BCUT2D eigenvalue weighted by atomic mass is 10.0. The van der Waals surface area contributed by atoms with Crippen LogP contribution in [0.2, 0.25) is 0 Å². The zero-order chi connectivity index (χ0) is 19.3. The Labute approximate surface area is 148 Å². The largest absolute Gasteiger partial charge is 0.465 e. The molecule has 1 amide bonds. The lowest BCUT2D eigenvalue weighted by Gasteiger charge is -2.28. The fraction of sp³-hybridized carbons (Fsp3) is 0.556. The van der Waals surface area contributed by atoms with Crippen LogP contribution >= 0.6 is 0 Å². The van der Waals surface area contributed by atoms with Crippen molar-refractivity contribution in [3.8, 4) is 0 Å². The third-order valence-electron chi connectivity index (χ3n) is 3.29. The van der Waals surface area contributed by atoms with Gasteiger partial charge in [0.2, 0.25) is 0 Å². The van der Waals surface area contributed by atoms with Crippen molar-refractivity contribution in [2.45, 2.75) is 52.2 Å². The summed E-state index contributed by atoms with van der Waals surface area (Å²) in [5.41, 5.74) is -0.592. The molecule has 7 heteroatoms. The summed E-state index contributed by atoms with van der Waals surface area (Å²) in [4.78, 5) is 23.4. The summed E-state index contributed by atoms with van der Waals surface area (Å²) in [5, 5.41) is 5.91. The Bertz CT molecular complexity index is 624. The molecule has 0 spiro atoms. The number of rotatable bonds is 6. The number of benzene rings is 1. The Balaban J connectivity index is 2.58. The van der Waals surface area contributed by atoms with Crippen molar-refractivity contribution >= 4 is 17.7 Å².